The van der Waals surface area contributed by atoms with Gasteiger partial charge in [0, 0.05) is 42.8 Å². The van der Waals surface area contributed by atoms with E-state index in [2.05, 4.69) is 45.7 Å². The van der Waals surface area contributed by atoms with Crippen molar-refractivity contribution in [3.05, 3.63) is 47.5 Å². The van der Waals surface area contributed by atoms with Crippen molar-refractivity contribution in [2.24, 2.45) is 0 Å². The van der Waals surface area contributed by atoms with Crippen molar-refractivity contribution in [2.45, 2.75) is 13.0 Å². The van der Waals surface area contributed by atoms with Crippen molar-refractivity contribution in [3.8, 4) is 11.8 Å². The number of hydrogen-bond donors (Lipinski definition) is 0. The summed E-state index contributed by atoms with van der Waals surface area (Å²) >= 11 is 1.72. The second-order valence-electron chi connectivity index (χ2n) is 5.25. The van der Waals surface area contributed by atoms with Gasteiger partial charge in [-0.05, 0) is 19.1 Å². The molecule has 0 aliphatic carbocycles. The first-order valence-electron chi connectivity index (χ1n) is 7.25. The average Bonchev–Trinajstić information content (AvgIpc) is 3.04. The van der Waals surface area contributed by atoms with E-state index in [4.69, 9.17) is 0 Å². The lowest BCUT2D eigenvalue weighted by Crippen LogP contribution is -2.52. The molecule has 3 nitrogen and oxygen atoms in total. The number of halogens is 1. The molecule has 2 heterocycles. The molecule has 1 aliphatic heterocycles. The van der Waals surface area contributed by atoms with Gasteiger partial charge in [0.15, 0.2) is 5.13 Å². The van der Waals surface area contributed by atoms with Crippen molar-refractivity contribution in [2.75, 3.05) is 31.1 Å². The third-order valence-corrected chi connectivity index (χ3v) is 4.58. The van der Waals surface area contributed by atoms with Crippen molar-refractivity contribution in [1.82, 2.24) is 9.88 Å². The summed E-state index contributed by atoms with van der Waals surface area (Å²) in [4.78, 5) is 9.22. The van der Waals surface area contributed by atoms with Crippen LogP contribution in [0.15, 0.2) is 41.9 Å². The maximum absolute atomic E-state index is 4.40. The number of piperazine rings is 1. The van der Waals surface area contributed by atoms with Crippen molar-refractivity contribution in [1.29, 1.82) is 0 Å². The lowest BCUT2D eigenvalue weighted by atomic mass is 10.2. The van der Waals surface area contributed by atoms with Crippen LogP contribution in [0.3, 0.4) is 0 Å². The van der Waals surface area contributed by atoms with E-state index in [-0.39, 0.29) is 12.4 Å². The highest BCUT2D eigenvalue weighted by Crippen LogP contribution is 2.20. The summed E-state index contributed by atoms with van der Waals surface area (Å²) in [6.45, 7) is 6.21. The minimum absolute atomic E-state index is 0. The first-order chi connectivity index (χ1) is 10.3. The maximum Gasteiger partial charge on any atom is 0.185 e. The van der Waals surface area contributed by atoms with Gasteiger partial charge in [0.1, 0.15) is 0 Å². The van der Waals surface area contributed by atoms with Crippen LogP contribution in [0.5, 0.6) is 0 Å². The van der Waals surface area contributed by atoms with Gasteiger partial charge in [-0.1, -0.05) is 30.0 Å². The summed E-state index contributed by atoms with van der Waals surface area (Å²) in [5.41, 5.74) is 1.09. The molecule has 116 valence electrons. The number of aromatic nitrogens is 1. The minimum Gasteiger partial charge on any atom is -0.345 e. The summed E-state index contributed by atoms with van der Waals surface area (Å²) in [5.74, 6) is 6.53. The van der Waals surface area contributed by atoms with E-state index in [9.17, 15) is 0 Å². The monoisotopic (exact) mass is 333 g/mol. The number of thiazole rings is 1. The molecule has 1 aromatic carbocycles. The Morgan fingerprint density at radius 3 is 2.77 bits per heavy atom. The molecular weight excluding hydrogens is 314 g/mol. The summed E-state index contributed by atoms with van der Waals surface area (Å²) in [6.07, 6.45) is 1.88. The van der Waals surface area contributed by atoms with Crippen LogP contribution in [0.25, 0.3) is 0 Å². The predicted octanol–water partition coefficient (Wildman–Crippen LogP) is 3.13. The summed E-state index contributed by atoms with van der Waals surface area (Å²) in [6, 6.07) is 10.7. The predicted molar refractivity (Wildman–Crippen MR) is 95.9 cm³/mol. The van der Waals surface area contributed by atoms with Crippen LogP contribution in [-0.2, 0) is 0 Å². The van der Waals surface area contributed by atoms with Gasteiger partial charge in [0.05, 0.1) is 6.54 Å². The third kappa shape index (κ3) is 4.23. The third-order valence-electron chi connectivity index (χ3n) is 3.74. The quantitative estimate of drug-likeness (QED) is 0.787. The molecule has 22 heavy (non-hydrogen) atoms. The molecular formula is C17H20ClN3S. The zero-order valence-corrected chi connectivity index (χ0v) is 14.2. The SMILES string of the molecule is CC1CN(c2nccs2)CCN1CC#Cc1ccccc1.Cl. The van der Waals surface area contributed by atoms with Crippen molar-refractivity contribution in [3.63, 3.8) is 0 Å². The summed E-state index contributed by atoms with van der Waals surface area (Å²) in [5, 5.41) is 3.18. The Morgan fingerprint density at radius 1 is 1.27 bits per heavy atom. The van der Waals surface area contributed by atoms with Gasteiger partial charge < -0.3 is 4.90 Å². The smallest absolute Gasteiger partial charge is 0.185 e. The van der Waals surface area contributed by atoms with Gasteiger partial charge in [0.25, 0.3) is 0 Å². The Balaban J connectivity index is 0.00000176. The highest BCUT2D eigenvalue weighted by atomic mass is 35.5. The van der Waals surface area contributed by atoms with E-state index in [1.807, 2.05) is 29.8 Å². The van der Waals surface area contributed by atoms with Gasteiger partial charge in [0.2, 0.25) is 0 Å². The fraction of sp³-hybridized carbons (Fsp3) is 0.353. The zero-order chi connectivity index (χ0) is 14.5. The topological polar surface area (TPSA) is 19.4 Å². The highest BCUT2D eigenvalue weighted by molar-refractivity contribution is 7.13. The van der Waals surface area contributed by atoms with E-state index in [1.165, 1.54) is 0 Å². The lowest BCUT2D eigenvalue weighted by Gasteiger charge is -2.38. The molecule has 1 aliphatic rings. The molecule has 2 aromatic rings. The average molecular weight is 334 g/mol. The van der Waals surface area contributed by atoms with E-state index >= 15 is 0 Å². The molecule has 3 rings (SSSR count). The van der Waals surface area contributed by atoms with Gasteiger partial charge >= 0.3 is 0 Å². The summed E-state index contributed by atoms with van der Waals surface area (Å²) < 4.78 is 0. The van der Waals surface area contributed by atoms with Crippen LogP contribution in [-0.4, -0.2) is 42.1 Å². The standard InChI is InChI=1S/C17H19N3S.ClH/c1-15-14-20(17-18-9-13-21-17)12-11-19(15)10-5-8-16-6-3-2-4-7-16;/h2-4,6-7,9,13,15H,10-12,14H2,1H3;1H. The van der Waals surface area contributed by atoms with Gasteiger partial charge in [-0.15, -0.1) is 23.7 Å². The fourth-order valence-electron chi connectivity index (χ4n) is 2.54. The largest absolute Gasteiger partial charge is 0.345 e. The van der Waals surface area contributed by atoms with E-state index < -0.39 is 0 Å². The second kappa shape index (κ2) is 8.19. The highest BCUT2D eigenvalue weighted by Gasteiger charge is 2.23. The molecule has 0 radical (unpaired) electrons. The Hall–Kier alpha value is -1.54. The van der Waals surface area contributed by atoms with Crippen LogP contribution in [0.1, 0.15) is 12.5 Å². The molecule has 1 fully saturated rings. The van der Waals surface area contributed by atoms with E-state index in [0.29, 0.717) is 6.04 Å². The van der Waals surface area contributed by atoms with Crippen LogP contribution in [0.2, 0.25) is 0 Å². The number of hydrogen-bond acceptors (Lipinski definition) is 4. The van der Waals surface area contributed by atoms with Gasteiger partial charge in [-0.3, -0.25) is 4.90 Å². The molecule has 0 bridgehead atoms. The second-order valence-corrected chi connectivity index (χ2v) is 6.12. The summed E-state index contributed by atoms with van der Waals surface area (Å²) in [7, 11) is 0. The van der Waals surface area contributed by atoms with Crippen LogP contribution < -0.4 is 4.90 Å². The number of anilines is 1. The van der Waals surface area contributed by atoms with Crippen LogP contribution in [0.4, 0.5) is 5.13 Å². The molecule has 5 heteroatoms. The molecule has 0 spiro atoms. The Kier molecular flexibility index (Phi) is 6.26. The van der Waals surface area contributed by atoms with Crippen LogP contribution in [0, 0.1) is 11.8 Å². The van der Waals surface area contributed by atoms with E-state index in [0.717, 1.165) is 36.9 Å². The zero-order valence-electron chi connectivity index (χ0n) is 12.6. The molecule has 1 atom stereocenters. The molecule has 1 aromatic heterocycles. The minimum atomic E-state index is 0. The van der Waals surface area contributed by atoms with Crippen molar-refractivity contribution >= 4 is 28.9 Å². The van der Waals surface area contributed by atoms with Gasteiger partial charge in [-0.25, -0.2) is 4.98 Å². The molecule has 0 N–H and O–H groups in total. The Labute approximate surface area is 142 Å². The lowest BCUT2D eigenvalue weighted by molar-refractivity contribution is 0.213. The van der Waals surface area contributed by atoms with Crippen LogP contribution >= 0.6 is 23.7 Å². The van der Waals surface area contributed by atoms with Gasteiger partial charge in [-0.2, -0.15) is 0 Å². The molecule has 0 amide bonds. The van der Waals surface area contributed by atoms with E-state index in [1.54, 1.807) is 11.3 Å². The molecule has 1 unspecified atom stereocenters. The fourth-order valence-corrected chi connectivity index (χ4v) is 3.22. The normalized spacial score (nSPS) is 18.2. The first kappa shape index (κ1) is 16.8. The van der Waals surface area contributed by atoms with Crippen molar-refractivity contribution < 1.29 is 0 Å². The molecule has 1 saturated heterocycles. The Bertz CT molecular complexity index is 618. The number of rotatable bonds is 2. The number of benzene rings is 1. The maximum atomic E-state index is 4.40. The molecule has 0 saturated carbocycles. The first-order valence-corrected chi connectivity index (χ1v) is 8.13. The number of nitrogens with zero attached hydrogens (tertiary/aromatic N) is 3. The Morgan fingerprint density at radius 2 is 2.09 bits per heavy atom.